The van der Waals surface area contributed by atoms with Gasteiger partial charge in [-0.05, 0) is 42.4 Å². The van der Waals surface area contributed by atoms with Gasteiger partial charge < -0.3 is 19.4 Å². The Morgan fingerprint density at radius 2 is 1.74 bits per heavy atom. The third kappa shape index (κ3) is 5.59. The molecule has 0 saturated carbocycles. The molecule has 0 radical (unpaired) electrons. The molecule has 0 N–H and O–H groups in total. The number of fused-ring (bicyclic) bond motifs is 1. The number of hydrogen-bond donors (Lipinski definition) is 0. The second-order valence-corrected chi connectivity index (χ2v) is 10.6. The van der Waals surface area contributed by atoms with E-state index < -0.39 is 11.7 Å². The zero-order valence-electron chi connectivity index (χ0n) is 21.7. The van der Waals surface area contributed by atoms with Gasteiger partial charge in [0.05, 0.1) is 23.6 Å². The molecule has 4 heterocycles. The summed E-state index contributed by atoms with van der Waals surface area (Å²) in [5.74, 6) is 0.242. The van der Waals surface area contributed by atoms with Crippen molar-refractivity contribution in [3.63, 3.8) is 0 Å². The van der Waals surface area contributed by atoms with Gasteiger partial charge in [0.25, 0.3) is 5.91 Å². The minimum atomic E-state index is -4.54. The zero-order chi connectivity index (χ0) is 27.0. The first-order valence-electron chi connectivity index (χ1n) is 12.9. The van der Waals surface area contributed by atoms with Crippen LogP contribution in [0.2, 0.25) is 0 Å². The van der Waals surface area contributed by atoms with Gasteiger partial charge in [-0.3, -0.25) is 9.69 Å². The molecule has 0 aliphatic carbocycles. The van der Waals surface area contributed by atoms with Crippen LogP contribution in [-0.2, 0) is 17.5 Å². The molecule has 2 amide bonds. The van der Waals surface area contributed by atoms with Crippen LogP contribution in [-0.4, -0.2) is 96.4 Å². The highest BCUT2D eigenvalue weighted by atomic mass is 19.4. The fraction of sp³-hybridized carbons (Fsp3) is 0.577. The van der Waals surface area contributed by atoms with Crippen LogP contribution in [0.5, 0.6) is 5.75 Å². The number of rotatable bonds is 6. The number of amides is 2. The van der Waals surface area contributed by atoms with Gasteiger partial charge in [-0.2, -0.15) is 23.0 Å². The summed E-state index contributed by atoms with van der Waals surface area (Å²) in [6, 6.07) is 3.76. The molecule has 0 bridgehead atoms. The fourth-order valence-corrected chi connectivity index (χ4v) is 5.66. The molecule has 2 atom stereocenters. The van der Waals surface area contributed by atoms with Crippen LogP contribution in [0, 0.1) is 11.8 Å². The Labute approximate surface area is 219 Å². The van der Waals surface area contributed by atoms with Crippen molar-refractivity contribution in [2.24, 2.45) is 11.8 Å². The van der Waals surface area contributed by atoms with Crippen molar-refractivity contribution in [2.45, 2.75) is 25.6 Å². The molecule has 1 aromatic heterocycles. The van der Waals surface area contributed by atoms with Crippen molar-refractivity contribution in [2.75, 3.05) is 64.9 Å². The number of anilines is 1. The lowest BCUT2D eigenvalue weighted by Crippen LogP contribution is -2.36. The summed E-state index contributed by atoms with van der Waals surface area (Å²) in [5.41, 5.74) is 0.267. The Kier molecular flexibility index (Phi) is 7.26. The summed E-state index contributed by atoms with van der Waals surface area (Å²) < 4.78 is 48.6. The number of nitrogens with zero attached hydrogens (tertiary/aromatic N) is 6. The highest BCUT2D eigenvalue weighted by Crippen LogP contribution is 2.37. The average molecular weight is 535 g/mol. The molecule has 38 heavy (non-hydrogen) atoms. The lowest BCUT2D eigenvalue weighted by molar-refractivity contribution is -0.138. The van der Waals surface area contributed by atoms with Gasteiger partial charge in [0.1, 0.15) is 5.75 Å². The summed E-state index contributed by atoms with van der Waals surface area (Å²) >= 11 is 0. The molecule has 0 spiro atoms. The molecule has 9 nitrogen and oxygen atoms in total. The van der Waals surface area contributed by atoms with Crippen molar-refractivity contribution in [3.8, 4) is 5.75 Å². The Balaban J connectivity index is 1.19. The summed E-state index contributed by atoms with van der Waals surface area (Å²) in [6.07, 6.45) is 0.662. The molecule has 5 rings (SSSR count). The maximum Gasteiger partial charge on any atom is 0.416 e. The number of aromatic nitrogens is 2. The zero-order valence-corrected chi connectivity index (χ0v) is 21.7. The van der Waals surface area contributed by atoms with E-state index in [4.69, 9.17) is 4.74 Å². The predicted molar refractivity (Wildman–Crippen MR) is 134 cm³/mol. The first-order chi connectivity index (χ1) is 18.1. The van der Waals surface area contributed by atoms with Crippen LogP contribution in [0.1, 0.15) is 24.0 Å². The number of halogens is 3. The van der Waals surface area contributed by atoms with E-state index in [2.05, 4.69) is 5.10 Å². The van der Waals surface area contributed by atoms with E-state index in [0.29, 0.717) is 39.3 Å². The third-order valence-electron chi connectivity index (χ3n) is 7.72. The highest BCUT2D eigenvalue weighted by molar-refractivity contribution is 5.78. The number of likely N-dealkylation sites (tertiary alicyclic amines) is 3. The van der Waals surface area contributed by atoms with E-state index in [1.807, 2.05) is 23.9 Å². The number of ether oxygens (including phenoxy) is 1. The number of carbonyl (C=O) groups is 2. The Bertz CT molecular complexity index is 1160. The van der Waals surface area contributed by atoms with Gasteiger partial charge in [0.15, 0.2) is 6.61 Å². The predicted octanol–water partition coefficient (Wildman–Crippen LogP) is 3.00. The van der Waals surface area contributed by atoms with Crippen LogP contribution in [0.15, 0.2) is 30.6 Å². The molecule has 2 aromatic rings. The number of benzene rings is 1. The monoisotopic (exact) mass is 534 g/mol. The van der Waals surface area contributed by atoms with E-state index in [1.54, 1.807) is 22.2 Å². The van der Waals surface area contributed by atoms with Crippen molar-refractivity contribution in [3.05, 3.63) is 41.7 Å². The molecule has 3 saturated heterocycles. The van der Waals surface area contributed by atoms with Gasteiger partial charge in [-0.15, -0.1) is 0 Å². The molecule has 3 fully saturated rings. The lowest BCUT2D eigenvalue weighted by atomic mass is 10.0. The summed E-state index contributed by atoms with van der Waals surface area (Å²) in [6.45, 7) is 3.58. The second kappa shape index (κ2) is 10.5. The van der Waals surface area contributed by atoms with E-state index in [-0.39, 0.29) is 48.2 Å². The van der Waals surface area contributed by atoms with Crippen LogP contribution >= 0.6 is 0 Å². The fourth-order valence-electron chi connectivity index (χ4n) is 5.66. The van der Waals surface area contributed by atoms with E-state index in [1.165, 1.54) is 16.8 Å². The van der Waals surface area contributed by atoms with Crippen molar-refractivity contribution < 1.29 is 27.5 Å². The SMILES string of the molecule is CN(C)c1cnn(C(=O)N2CC3CN(Cc4ccc(OCC(=O)N5CCCC5)cc4C(F)(F)F)CC3C2)c1. The number of hydrogen-bond acceptors (Lipinski definition) is 6. The van der Waals surface area contributed by atoms with Gasteiger partial charge in [0, 0.05) is 59.9 Å². The van der Waals surface area contributed by atoms with Crippen LogP contribution in [0.4, 0.5) is 23.7 Å². The molecule has 206 valence electrons. The maximum absolute atomic E-state index is 13.9. The maximum atomic E-state index is 13.9. The third-order valence-corrected chi connectivity index (χ3v) is 7.72. The highest BCUT2D eigenvalue weighted by Gasteiger charge is 2.43. The molecule has 3 aliphatic heterocycles. The molecule has 12 heteroatoms. The van der Waals surface area contributed by atoms with Crippen LogP contribution in [0.25, 0.3) is 0 Å². The standard InChI is InChI=1S/C26H33F3N6O3/c1-31(2)21-10-30-35(16-21)25(37)34-14-19-12-32(13-20(19)15-34)11-18-5-6-22(9-23(18)26(27,28)29)38-17-24(36)33-7-3-4-8-33/h5-6,9-10,16,19-20H,3-4,7-8,11-15,17H2,1-2H3. The topological polar surface area (TPSA) is 74.1 Å². The molecule has 1 aromatic carbocycles. The second-order valence-electron chi connectivity index (χ2n) is 10.6. The van der Waals surface area contributed by atoms with Crippen molar-refractivity contribution in [1.29, 1.82) is 0 Å². The molecule has 3 aliphatic rings. The van der Waals surface area contributed by atoms with E-state index in [0.717, 1.165) is 24.6 Å². The minimum Gasteiger partial charge on any atom is -0.484 e. The van der Waals surface area contributed by atoms with Crippen molar-refractivity contribution >= 4 is 17.6 Å². The van der Waals surface area contributed by atoms with Gasteiger partial charge in [-0.1, -0.05) is 6.07 Å². The van der Waals surface area contributed by atoms with E-state index in [9.17, 15) is 22.8 Å². The largest absolute Gasteiger partial charge is 0.484 e. The smallest absolute Gasteiger partial charge is 0.416 e. The minimum absolute atomic E-state index is 0.0390. The lowest BCUT2D eigenvalue weighted by Gasteiger charge is -2.23. The molecular weight excluding hydrogens is 501 g/mol. The normalized spacial score (nSPS) is 21.7. The quantitative estimate of drug-likeness (QED) is 0.568. The first-order valence-corrected chi connectivity index (χ1v) is 12.9. The van der Waals surface area contributed by atoms with Crippen LogP contribution in [0.3, 0.4) is 0 Å². The first kappa shape index (κ1) is 26.3. The Morgan fingerprint density at radius 1 is 1.05 bits per heavy atom. The van der Waals surface area contributed by atoms with Gasteiger partial charge in [0.2, 0.25) is 0 Å². The number of carbonyl (C=O) groups excluding carboxylic acids is 2. The summed E-state index contributed by atoms with van der Waals surface area (Å²) in [7, 11) is 3.75. The molecule has 2 unspecified atom stereocenters. The summed E-state index contributed by atoms with van der Waals surface area (Å²) in [4.78, 5) is 32.4. The Hall–Kier alpha value is -3.28. The van der Waals surface area contributed by atoms with Crippen LogP contribution < -0.4 is 9.64 Å². The summed E-state index contributed by atoms with van der Waals surface area (Å²) in [5, 5.41) is 4.16. The molecular formula is C26H33F3N6O3. The Morgan fingerprint density at radius 3 is 2.34 bits per heavy atom. The van der Waals surface area contributed by atoms with Crippen molar-refractivity contribution in [1.82, 2.24) is 24.5 Å². The van der Waals surface area contributed by atoms with Gasteiger partial charge >= 0.3 is 12.2 Å². The average Bonchev–Trinajstić information content (AvgIpc) is 3.66. The number of alkyl halides is 3. The van der Waals surface area contributed by atoms with E-state index >= 15 is 0 Å². The van der Waals surface area contributed by atoms with Gasteiger partial charge in [-0.25, -0.2) is 4.79 Å².